The second kappa shape index (κ2) is 14.0. The number of guanidine groups is 1. The Morgan fingerprint density at radius 3 is 2.28 bits per heavy atom. The van der Waals surface area contributed by atoms with Gasteiger partial charge in [0.15, 0.2) is 5.96 Å². The number of nitrogens with one attached hydrogen (secondary N) is 2. The molecular formula is C20H40N4O. The summed E-state index contributed by atoms with van der Waals surface area (Å²) < 4.78 is 0. The molecule has 2 N–H and O–H groups in total. The average Bonchev–Trinajstić information content (AvgIpc) is 2.63. The van der Waals surface area contributed by atoms with Gasteiger partial charge in [0, 0.05) is 39.6 Å². The summed E-state index contributed by atoms with van der Waals surface area (Å²) in [6.45, 7) is 8.23. The Balaban J connectivity index is 2.27. The van der Waals surface area contributed by atoms with Gasteiger partial charge in [-0.3, -0.25) is 9.79 Å². The monoisotopic (exact) mass is 352 g/mol. The molecule has 1 aliphatic rings. The van der Waals surface area contributed by atoms with Crippen molar-refractivity contribution in [1.82, 2.24) is 15.5 Å². The van der Waals surface area contributed by atoms with E-state index in [-0.39, 0.29) is 5.91 Å². The molecule has 1 aliphatic heterocycles. The van der Waals surface area contributed by atoms with E-state index in [1.807, 2.05) is 0 Å². The zero-order chi connectivity index (χ0) is 18.3. The third kappa shape index (κ3) is 9.71. The summed E-state index contributed by atoms with van der Waals surface area (Å²) in [4.78, 5) is 18.7. The summed E-state index contributed by atoms with van der Waals surface area (Å²) in [6.07, 6.45) is 12.1. The Hall–Kier alpha value is -1.26. The number of nitrogens with zero attached hydrogens (tertiary/aromatic N) is 2. The third-order valence-corrected chi connectivity index (χ3v) is 5.03. The second-order valence-electron chi connectivity index (χ2n) is 7.16. The minimum atomic E-state index is 0.165. The Morgan fingerprint density at radius 1 is 1.04 bits per heavy atom. The molecule has 0 aliphatic carbocycles. The number of hydrogen-bond acceptors (Lipinski definition) is 2. The van der Waals surface area contributed by atoms with Gasteiger partial charge in [0.1, 0.15) is 0 Å². The Labute approximate surface area is 155 Å². The van der Waals surface area contributed by atoms with E-state index in [9.17, 15) is 4.79 Å². The van der Waals surface area contributed by atoms with Crippen LogP contribution in [0.5, 0.6) is 0 Å². The fourth-order valence-electron chi connectivity index (χ4n) is 3.39. The predicted molar refractivity (Wildman–Crippen MR) is 107 cm³/mol. The largest absolute Gasteiger partial charge is 0.359 e. The molecule has 0 atom stereocenters. The van der Waals surface area contributed by atoms with Crippen molar-refractivity contribution >= 4 is 11.9 Å². The first-order chi connectivity index (χ1) is 12.2. The van der Waals surface area contributed by atoms with Crippen LogP contribution < -0.4 is 10.6 Å². The molecule has 1 rings (SSSR count). The lowest BCUT2D eigenvalue weighted by molar-refractivity contribution is -0.121. The molecule has 1 saturated heterocycles. The molecule has 5 nitrogen and oxygen atoms in total. The molecule has 0 unspecified atom stereocenters. The Bertz CT molecular complexity index is 376. The van der Waals surface area contributed by atoms with Crippen LogP contribution in [0.2, 0.25) is 0 Å². The van der Waals surface area contributed by atoms with E-state index in [1.54, 1.807) is 7.05 Å². The van der Waals surface area contributed by atoms with Gasteiger partial charge in [-0.25, -0.2) is 0 Å². The van der Waals surface area contributed by atoms with E-state index in [1.165, 1.54) is 44.9 Å². The van der Waals surface area contributed by atoms with Crippen molar-refractivity contribution in [2.45, 2.75) is 78.1 Å². The SMILES string of the molecule is CCCCCCCCCN=C(NCC)N1CCC(CC(=O)NC)CC1. The third-order valence-electron chi connectivity index (χ3n) is 5.03. The number of carbonyl (C=O) groups excluding carboxylic acids is 1. The number of likely N-dealkylation sites (tertiary alicyclic amines) is 1. The number of hydrogen-bond donors (Lipinski definition) is 2. The first-order valence-corrected chi connectivity index (χ1v) is 10.4. The second-order valence-corrected chi connectivity index (χ2v) is 7.16. The van der Waals surface area contributed by atoms with Crippen LogP contribution in [0.25, 0.3) is 0 Å². The highest BCUT2D eigenvalue weighted by atomic mass is 16.1. The van der Waals surface area contributed by atoms with Crippen LogP contribution in [0.3, 0.4) is 0 Å². The minimum absolute atomic E-state index is 0.165. The maximum Gasteiger partial charge on any atom is 0.220 e. The summed E-state index contributed by atoms with van der Waals surface area (Å²) in [5, 5.41) is 6.17. The van der Waals surface area contributed by atoms with Crippen molar-refractivity contribution in [2.24, 2.45) is 10.9 Å². The zero-order valence-electron chi connectivity index (χ0n) is 16.8. The van der Waals surface area contributed by atoms with Crippen molar-refractivity contribution in [1.29, 1.82) is 0 Å². The summed E-state index contributed by atoms with van der Waals surface area (Å²) in [5.41, 5.74) is 0. The number of amides is 1. The van der Waals surface area contributed by atoms with Gasteiger partial charge in [0.25, 0.3) is 0 Å². The molecular weight excluding hydrogens is 312 g/mol. The van der Waals surface area contributed by atoms with Crippen LogP contribution in [-0.2, 0) is 4.79 Å². The highest BCUT2D eigenvalue weighted by Gasteiger charge is 2.22. The normalized spacial score (nSPS) is 16.1. The molecule has 0 aromatic rings. The van der Waals surface area contributed by atoms with Crippen molar-refractivity contribution in [3.63, 3.8) is 0 Å². The molecule has 1 amide bonds. The number of rotatable bonds is 11. The zero-order valence-corrected chi connectivity index (χ0v) is 16.8. The number of unbranched alkanes of at least 4 members (excludes halogenated alkanes) is 6. The van der Waals surface area contributed by atoms with E-state index >= 15 is 0 Å². The fourth-order valence-corrected chi connectivity index (χ4v) is 3.39. The van der Waals surface area contributed by atoms with E-state index in [0.717, 1.165) is 45.0 Å². The summed E-state index contributed by atoms with van der Waals surface area (Å²) in [7, 11) is 1.72. The fraction of sp³-hybridized carbons (Fsp3) is 0.900. The number of carbonyl (C=O) groups is 1. The van der Waals surface area contributed by atoms with Gasteiger partial charge in [-0.05, 0) is 32.1 Å². The highest BCUT2D eigenvalue weighted by molar-refractivity contribution is 5.80. The topological polar surface area (TPSA) is 56.7 Å². The van der Waals surface area contributed by atoms with E-state index in [0.29, 0.717) is 12.3 Å². The predicted octanol–water partition coefficient (Wildman–Crippen LogP) is 3.55. The first-order valence-electron chi connectivity index (χ1n) is 10.4. The molecule has 0 aromatic carbocycles. The molecule has 25 heavy (non-hydrogen) atoms. The highest BCUT2D eigenvalue weighted by Crippen LogP contribution is 2.20. The van der Waals surface area contributed by atoms with Crippen molar-refractivity contribution < 1.29 is 4.79 Å². The number of aliphatic imine (C=N–C) groups is 1. The maximum absolute atomic E-state index is 11.5. The average molecular weight is 353 g/mol. The lowest BCUT2D eigenvalue weighted by Crippen LogP contribution is -2.46. The van der Waals surface area contributed by atoms with Gasteiger partial charge in [0.05, 0.1) is 0 Å². The van der Waals surface area contributed by atoms with Gasteiger partial charge < -0.3 is 15.5 Å². The van der Waals surface area contributed by atoms with Gasteiger partial charge in [-0.2, -0.15) is 0 Å². The summed E-state index contributed by atoms with van der Waals surface area (Å²) >= 11 is 0. The molecule has 0 spiro atoms. The maximum atomic E-state index is 11.5. The quantitative estimate of drug-likeness (QED) is 0.340. The molecule has 0 radical (unpaired) electrons. The molecule has 0 saturated carbocycles. The smallest absolute Gasteiger partial charge is 0.220 e. The number of piperidine rings is 1. The van der Waals surface area contributed by atoms with Crippen molar-refractivity contribution in [3.8, 4) is 0 Å². The van der Waals surface area contributed by atoms with Crippen LogP contribution in [0.1, 0.15) is 78.1 Å². The lowest BCUT2D eigenvalue weighted by Gasteiger charge is -2.34. The van der Waals surface area contributed by atoms with Crippen LogP contribution in [0, 0.1) is 5.92 Å². The first kappa shape index (κ1) is 21.8. The molecule has 0 bridgehead atoms. The van der Waals surface area contributed by atoms with Crippen LogP contribution in [0.4, 0.5) is 0 Å². The standard InChI is InChI=1S/C20H40N4O/c1-4-6-7-8-9-10-11-14-23-20(22-5-2)24-15-12-18(13-16-24)17-19(25)21-3/h18H,4-17H2,1-3H3,(H,21,25)(H,22,23). The van der Waals surface area contributed by atoms with E-state index < -0.39 is 0 Å². The van der Waals surface area contributed by atoms with Crippen LogP contribution in [-0.4, -0.2) is 50.0 Å². The van der Waals surface area contributed by atoms with Gasteiger partial charge in [-0.15, -0.1) is 0 Å². The molecule has 1 fully saturated rings. The van der Waals surface area contributed by atoms with Crippen LogP contribution in [0.15, 0.2) is 4.99 Å². The van der Waals surface area contributed by atoms with E-state index in [2.05, 4.69) is 29.4 Å². The van der Waals surface area contributed by atoms with Crippen molar-refractivity contribution in [3.05, 3.63) is 0 Å². The molecule has 0 aromatic heterocycles. The van der Waals surface area contributed by atoms with Gasteiger partial charge >= 0.3 is 0 Å². The molecule has 1 heterocycles. The molecule has 146 valence electrons. The Kier molecular flexibility index (Phi) is 12.2. The van der Waals surface area contributed by atoms with Gasteiger partial charge in [-0.1, -0.05) is 45.4 Å². The Morgan fingerprint density at radius 2 is 1.68 bits per heavy atom. The van der Waals surface area contributed by atoms with Gasteiger partial charge in [0.2, 0.25) is 5.91 Å². The minimum Gasteiger partial charge on any atom is -0.359 e. The summed E-state index contributed by atoms with van der Waals surface area (Å²) in [6, 6.07) is 0. The lowest BCUT2D eigenvalue weighted by atomic mass is 9.93. The summed E-state index contributed by atoms with van der Waals surface area (Å²) in [5.74, 6) is 1.74. The van der Waals surface area contributed by atoms with Crippen LogP contribution >= 0.6 is 0 Å². The van der Waals surface area contributed by atoms with E-state index in [4.69, 9.17) is 4.99 Å². The van der Waals surface area contributed by atoms with Crippen molar-refractivity contribution in [2.75, 3.05) is 33.2 Å². The molecule has 5 heteroatoms.